The zero-order valence-corrected chi connectivity index (χ0v) is 26.7. The Kier molecular flexibility index (Phi) is 13.3. The van der Waals surface area contributed by atoms with Gasteiger partial charge in [0, 0.05) is 38.8 Å². The normalized spacial score (nSPS) is 26.1. The molecule has 0 radical (unpaired) electrons. The molecular weight excluding hydrogens is 548 g/mol. The van der Waals surface area contributed by atoms with Crippen molar-refractivity contribution in [3.63, 3.8) is 0 Å². The minimum atomic E-state index is -0.921. The Balaban J connectivity index is 1.55. The van der Waals surface area contributed by atoms with Gasteiger partial charge in [-0.3, -0.25) is 19.3 Å². The number of piperazine rings is 1. The Morgan fingerprint density at radius 2 is 1.67 bits per heavy atom. The molecule has 3 heterocycles. The second kappa shape index (κ2) is 17.1. The van der Waals surface area contributed by atoms with Crippen LogP contribution in [0.2, 0.25) is 0 Å². The van der Waals surface area contributed by atoms with Crippen LogP contribution in [-0.4, -0.2) is 102 Å². The summed E-state index contributed by atoms with van der Waals surface area (Å²) in [6.45, 7) is 3.83. The van der Waals surface area contributed by atoms with Gasteiger partial charge in [0.05, 0.1) is 18.6 Å². The smallest absolute Gasteiger partial charge is 0.255 e. The molecule has 0 aromatic heterocycles. The van der Waals surface area contributed by atoms with Crippen molar-refractivity contribution >= 4 is 29.5 Å². The fraction of sp³-hybridized carbons (Fsp3) is 0.727. The summed E-state index contributed by atoms with van der Waals surface area (Å²) < 4.78 is 6.06. The average molecular weight is 601 g/mol. The number of hydrogen-bond acceptors (Lipinski definition) is 6. The lowest BCUT2D eigenvalue weighted by atomic mass is 10.0. The first-order valence-corrected chi connectivity index (χ1v) is 17.7. The van der Waals surface area contributed by atoms with E-state index < -0.39 is 6.04 Å². The molecule has 1 N–H and O–H groups in total. The van der Waals surface area contributed by atoms with Gasteiger partial charge in [-0.05, 0) is 62.8 Å². The second-order valence-electron chi connectivity index (χ2n) is 12.3. The Morgan fingerprint density at radius 3 is 2.43 bits per heavy atom. The molecule has 0 aliphatic carbocycles. The summed E-state index contributed by atoms with van der Waals surface area (Å²) >= 11 is 1.79. The maximum atomic E-state index is 14.3. The maximum Gasteiger partial charge on any atom is 0.255 e. The molecule has 3 aliphatic heterocycles. The number of nitrogens with one attached hydrogen (secondary N) is 1. The zero-order valence-electron chi connectivity index (χ0n) is 25.9. The Labute approximate surface area is 257 Å². The third-order valence-corrected chi connectivity index (χ3v) is 9.81. The number of hydrogen-bond donors (Lipinski definition) is 1. The molecule has 0 unspecified atom stereocenters. The van der Waals surface area contributed by atoms with Crippen LogP contribution in [0.15, 0.2) is 24.3 Å². The van der Waals surface area contributed by atoms with Crippen LogP contribution in [0.4, 0.5) is 0 Å². The van der Waals surface area contributed by atoms with Gasteiger partial charge in [0.25, 0.3) is 5.91 Å². The number of fused-ring (bicyclic) bond motifs is 2. The van der Waals surface area contributed by atoms with Gasteiger partial charge < -0.3 is 19.9 Å². The number of amides is 3. The molecule has 0 spiro atoms. The van der Waals surface area contributed by atoms with Crippen LogP contribution in [0.1, 0.15) is 93.8 Å². The number of thioether (sulfide) groups is 1. The van der Waals surface area contributed by atoms with E-state index in [2.05, 4.69) is 16.5 Å². The molecule has 234 valence electrons. The van der Waals surface area contributed by atoms with E-state index in [0.717, 1.165) is 63.8 Å². The highest BCUT2D eigenvalue weighted by atomic mass is 32.2. The van der Waals surface area contributed by atoms with Crippen LogP contribution in [0, 0.1) is 0 Å². The SMILES string of the molecule is CSCC[C@@H]1CN2CCC[C@H]2CN1C(=O)[C@@H]1CC(=O)N(C)CCCCCCCCCCCOc2ccccc2C(=O)N1. The predicted molar refractivity (Wildman–Crippen MR) is 170 cm³/mol. The molecule has 2 saturated heterocycles. The van der Waals surface area contributed by atoms with Crippen LogP contribution in [-0.2, 0) is 9.59 Å². The Morgan fingerprint density at radius 1 is 0.952 bits per heavy atom. The standard InChI is InChI=1S/C33H52N4O4S/c1-35-19-12-8-6-4-3-5-7-9-13-21-41-30-17-11-10-16-28(30)32(39)34-29(23-31(35)38)33(40)37-25-26-15-14-20-36(26)24-27(37)18-22-42-2/h10-11,16-17,26-27,29H,3-9,12-15,18-25H2,1-2H3,(H,34,39)/t26-,27+,29-/m0/s1. The van der Waals surface area contributed by atoms with E-state index in [1.807, 2.05) is 30.1 Å². The maximum absolute atomic E-state index is 14.3. The van der Waals surface area contributed by atoms with Crippen molar-refractivity contribution in [3.8, 4) is 5.75 Å². The van der Waals surface area contributed by atoms with Crippen molar-refractivity contribution in [2.45, 2.75) is 102 Å². The number of carbonyl (C=O) groups excluding carboxylic acids is 3. The summed E-state index contributed by atoms with van der Waals surface area (Å²) in [5, 5.41) is 3.00. The fourth-order valence-corrected chi connectivity index (χ4v) is 7.11. The van der Waals surface area contributed by atoms with Gasteiger partial charge in [0.2, 0.25) is 11.8 Å². The van der Waals surface area contributed by atoms with Crippen LogP contribution < -0.4 is 10.1 Å². The molecule has 0 saturated carbocycles. The molecule has 8 nitrogen and oxygen atoms in total. The van der Waals surface area contributed by atoms with Crippen LogP contribution in [0.3, 0.4) is 0 Å². The van der Waals surface area contributed by atoms with Crippen LogP contribution in [0.5, 0.6) is 5.75 Å². The van der Waals surface area contributed by atoms with Gasteiger partial charge in [-0.15, -0.1) is 0 Å². The van der Waals surface area contributed by atoms with E-state index in [0.29, 0.717) is 37.1 Å². The third kappa shape index (κ3) is 9.37. The van der Waals surface area contributed by atoms with Crippen molar-refractivity contribution in [2.75, 3.05) is 51.8 Å². The van der Waals surface area contributed by atoms with Crippen molar-refractivity contribution in [3.05, 3.63) is 29.8 Å². The van der Waals surface area contributed by atoms with E-state index in [4.69, 9.17) is 4.74 Å². The molecule has 42 heavy (non-hydrogen) atoms. The summed E-state index contributed by atoms with van der Waals surface area (Å²) in [5.74, 6) is 0.887. The molecule has 2 fully saturated rings. The largest absolute Gasteiger partial charge is 0.493 e. The number of nitrogens with zero attached hydrogens (tertiary/aromatic N) is 3. The lowest BCUT2D eigenvalue weighted by molar-refractivity contribution is -0.143. The fourth-order valence-electron chi connectivity index (χ4n) is 6.60. The summed E-state index contributed by atoms with van der Waals surface area (Å²) in [4.78, 5) is 47.7. The van der Waals surface area contributed by atoms with Crippen molar-refractivity contribution in [2.24, 2.45) is 0 Å². The molecule has 0 bridgehead atoms. The van der Waals surface area contributed by atoms with Crippen molar-refractivity contribution < 1.29 is 19.1 Å². The molecule has 1 aromatic rings. The number of rotatable bonds is 4. The molecule has 3 aliphatic rings. The molecule has 3 atom stereocenters. The number of benzene rings is 1. The Hall–Kier alpha value is -2.26. The summed E-state index contributed by atoms with van der Waals surface area (Å²) in [6.07, 6.45) is 15.4. The van der Waals surface area contributed by atoms with Gasteiger partial charge in [0.1, 0.15) is 11.8 Å². The highest BCUT2D eigenvalue weighted by Gasteiger charge is 2.41. The van der Waals surface area contributed by atoms with Gasteiger partial charge in [-0.25, -0.2) is 0 Å². The molecule has 3 amide bonds. The minimum Gasteiger partial charge on any atom is -0.493 e. The van der Waals surface area contributed by atoms with E-state index >= 15 is 0 Å². The predicted octanol–water partition coefficient (Wildman–Crippen LogP) is 4.97. The monoisotopic (exact) mass is 600 g/mol. The van der Waals surface area contributed by atoms with Crippen LogP contribution in [0.25, 0.3) is 0 Å². The van der Waals surface area contributed by atoms with Gasteiger partial charge in [-0.1, -0.05) is 57.1 Å². The number of carbonyl (C=O) groups is 3. The van der Waals surface area contributed by atoms with Gasteiger partial charge >= 0.3 is 0 Å². The van der Waals surface area contributed by atoms with Gasteiger partial charge in [-0.2, -0.15) is 11.8 Å². The first kappa shape index (κ1) is 32.6. The van der Waals surface area contributed by atoms with Crippen molar-refractivity contribution in [1.29, 1.82) is 0 Å². The first-order valence-electron chi connectivity index (χ1n) is 16.3. The topological polar surface area (TPSA) is 82.2 Å². The van der Waals surface area contributed by atoms with E-state index in [1.165, 1.54) is 32.1 Å². The lowest BCUT2D eigenvalue weighted by Gasteiger charge is -2.45. The Bertz CT molecular complexity index is 1020. The summed E-state index contributed by atoms with van der Waals surface area (Å²) in [6, 6.07) is 6.75. The van der Waals surface area contributed by atoms with E-state index in [1.54, 1.807) is 22.7 Å². The zero-order chi connectivity index (χ0) is 29.7. The molecular formula is C33H52N4O4S. The second-order valence-corrected chi connectivity index (χ2v) is 13.3. The highest BCUT2D eigenvalue weighted by molar-refractivity contribution is 7.98. The molecule has 4 rings (SSSR count). The highest BCUT2D eigenvalue weighted by Crippen LogP contribution is 2.28. The van der Waals surface area contributed by atoms with Crippen molar-refractivity contribution in [1.82, 2.24) is 20.0 Å². The molecule has 9 heteroatoms. The molecule has 1 aromatic carbocycles. The van der Waals surface area contributed by atoms with Gasteiger partial charge in [0.15, 0.2) is 0 Å². The third-order valence-electron chi connectivity index (χ3n) is 9.17. The average Bonchev–Trinajstić information content (AvgIpc) is 3.46. The summed E-state index contributed by atoms with van der Waals surface area (Å²) in [5.41, 5.74) is 0.407. The quantitative estimate of drug-likeness (QED) is 0.526. The first-order chi connectivity index (χ1) is 20.5. The minimum absolute atomic E-state index is 0.0375. The number of ether oxygens (including phenoxy) is 1. The van der Waals surface area contributed by atoms with Crippen LogP contribution >= 0.6 is 11.8 Å². The lowest BCUT2D eigenvalue weighted by Crippen LogP contribution is -2.62. The number of para-hydroxylation sites is 1. The van der Waals surface area contributed by atoms with E-state index in [-0.39, 0.29) is 30.2 Å². The van der Waals surface area contributed by atoms with E-state index in [9.17, 15) is 14.4 Å². The summed E-state index contributed by atoms with van der Waals surface area (Å²) in [7, 11) is 1.82.